The maximum atomic E-state index is 15.2. The first-order valence-electron chi connectivity index (χ1n) is 10.9. The lowest BCUT2D eigenvalue weighted by molar-refractivity contribution is 0.390. The SMILES string of the molecule is COc1ccc(CN(c2c(F)cc(F)cc2OC)S(=O)(=O)c2ccc3c(c2)CCNC3)c(OC)c1. The third kappa shape index (κ3) is 4.89. The second-order valence-electron chi connectivity index (χ2n) is 7.99. The molecule has 0 radical (unpaired) electrons. The van der Waals surface area contributed by atoms with Crippen molar-refractivity contribution in [2.45, 2.75) is 24.4 Å². The maximum Gasteiger partial charge on any atom is 0.264 e. The van der Waals surface area contributed by atoms with Gasteiger partial charge in [-0.3, -0.25) is 4.31 Å². The second kappa shape index (κ2) is 10.1. The zero-order valence-corrected chi connectivity index (χ0v) is 20.4. The molecule has 0 saturated heterocycles. The Bertz CT molecular complexity index is 1350. The van der Waals surface area contributed by atoms with E-state index in [2.05, 4.69) is 5.32 Å². The summed E-state index contributed by atoms with van der Waals surface area (Å²) >= 11 is 0. The van der Waals surface area contributed by atoms with Crippen LogP contribution in [0.1, 0.15) is 16.7 Å². The van der Waals surface area contributed by atoms with Crippen LogP contribution in [0.4, 0.5) is 14.5 Å². The molecule has 0 spiro atoms. The Kier molecular flexibility index (Phi) is 7.13. The molecule has 0 aromatic heterocycles. The lowest BCUT2D eigenvalue weighted by Crippen LogP contribution is -2.32. The predicted molar refractivity (Wildman–Crippen MR) is 128 cm³/mol. The van der Waals surface area contributed by atoms with Gasteiger partial charge in [0.2, 0.25) is 0 Å². The quantitative estimate of drug-likeness (QED) is 0.499. The van der Waals surface area contributed by atoms with Crippen molar-refractivity contribution < 1.29 is 31.4 Å². The van der Waals surface area contributed by atoms with Crippen LogP contribution in [0.5, 0.6) is 17.2 Å². The van der Waals surface area contributed by atoms with Gasteiger partial charge >= 0.3 is 0 Å². The number of sulfonamides is 1. The fraction of sp³-hybridized carbons (Fsp3) is 0.280. The van der Waals surface area contributed by atoms with E-state index in [1.54, 1.807) is 30.3 Å². The molecule has 3 aromatic rings. The van der Waals surface area contributed by atoms with E-state index in [0.29, 0.717) is 36.1 Å². The molecule has 10 heteroatoms. The van der Waals surface area contributed by atoms with Crippen LogP contribution in [-0.2, 0) is 29.5 Å². The first-order chi connectivity index (χ1) is 16.8. The van der Waals surface area contributed by atoms with Crippen LogP contribution >= 0.6 is 0 Å². The van der Waals surface area contributed by atoms with Gasteiger partial charge in [0.05, 0.1) is 32.8 Å². The molecule has 0 unspecified atom stereocenters. The zero-order valence-electron chi connectivity index (χ0n) is 19.6. The number of ether oxygens (including phenoxy) is 3. The number of halogens is 2. The van der Waals surface area contributed by atoms with E-state index in [0.717, 1.165) is 28.0 Å². The molecular weight excluding hydrogens is 478 g/mol. The molecule has 35 heavy (non-hydrogen) atoms. The molecule has 1 aliphatic heterocycles. The standard InChI is InChI=1S/C25H26F2N2O5S/c1-32-20-6-4-18(23(13-20)33-2)15-29(25-22(27)11-19(26)12-24(25)34-3)35(30,31)21-7-5-17-14-28-9-8-16(17)10-21/h4-7,10-13,28H,8-9,14-15H2,1-3H3. The highest BCUT2D eigenvalue weighted by Crippen LogP contribution is 2.39. The van der Waals surface area contributed by atoms with Crippen LogP contribution in [0.15, 0.2) is 53.4 Å². The van der Waals surface area contributed by atoms with Gasteiger partial charge in [-0.2, -0.15) is 0 Å². The third-order valence-electron chi connectivity index (χ3n) is 5.92. The molecule has 186 valence electrons. The molecule has 0 fully saturated rings. The monoisotopic (exact) mass is 504 g/mol. The molecule has 0 amide bonds. The van der Waals surface area contributed by atoms with Gasteiger partial charge < -0.3 is 19.5 Å². The summed E-state index contributed by atoms with van der Waals surface area (Å²) in [6, 6.07) is 11.3. The van der Waals surface area contributed by atoms with E-state index in [9.17, 15) is 12.8 Å². The Labute approximate surface area is 203 Å². The molecule has 7 nitrogen and oxygen atoms in total. The van der Waals surface area contributed by atoms with E-state index >= 15 is 4.39 Å². The molecule has 0 saturated carbocycles. The number of nitrogens with zero attached hydrogens (tertiary/aromatic N) is 1. The number of benzene rings is 3. The Balaban J connectivity index is 1.89. The normalized spacial score (nSPS) is 13.2. The van der Waals surface area contributed by atoms with Crippen LogP contribution in [0, 0.1) is 11.6 Å². The minimum absolute atomic E-state index is 0.00333. The topological polar surface area (TPSA) is 77.1 Å². The van der Waals surface area contributed by atoms with E-state index in [1.807, 2.05) is 0 Å². The number of methoxy groups -OCH3 is 3. The number of rotatable bonds is 8. The van der Waals surface area contributed by atoms with Gasteiger partial charge in [-0.15, -0.1) is 0 Å². The summed E-state index contributed by atoms with van der Waals surface area (Å²) in [5.41, 5.74) is 1.96. The van der Waals surface area contributed by atoms with Gasteiger partial charge in [-0.25, -0.2) is 17.2 Å². The summed E-state index contributed by atoms with van der Waals surface area (Å²) in [4.78, 5) is -0.00333. The van der Waals surface area contributed by atoms with Gasteiger partial charge in [-0.1, -0.05) is 6.07 Å². The van der Waals surface area contributed by atoms with E-state index in [-0.39, 0.29) is 17.2 Å². The van der Waals surface area contributed by atoms with Crippen molar-refractivity contribution in [1.82, 2.24) is 5.32 Å². The zero-order chi connectivity index (χ0) is 25.2. The van der Waals surface area contributed by atoms with Gasteiger partial charge in [0.1, 0.15) is 28.8 Å². The molecule has 1 N–H and O–H groups in total. The Morgan fingerprint density at radius 3 is 2.40 bits per heavy atom. The van der Waals surface area contributed by atoms with Crippen molar-refractivity contribution in [3.05, 3.63) is 76.9 Å². The minimum Gasteiger partial charge on any atom is -0.497 e. The van der Waals surface area contributed by atoms with Crippen LogP contribution in [0.3, 0.4) is 0 Å². The van der Waals surface area contributed by atoms with Crippen molar-refractivity contribution in [3.63, 3.8) is 0 Å². The summed E-state index contributed by atoms with van der Waals surface area (Å²) in [6.45, 7) is 1.07. The Morgan fingerprint density at radius 1 is 0.914 bits per heavy atom. The fourth-order valence-electron chi connectivity index (χ4n) is 4.10. The summed E-state index contributed by atoms with van der Waals surface area (Å²) < 4.78 is 73.8. The molecule has 0 atom stereocenters. The lowest BCUT2D eigenvalue weighted by Gasteiger charge is -2.28. The van der Waals surface area contributed by atoms with Crippen LogP contribution in [0.2, 0.25) is 0 Å². The number of hydrogen-bond acceptors (Lipinski definition) is 6. The molecule has 0 aliphatic carbocycles. The van der Waals surface area contributed by atoms with E-state index in [1.165, 1.54) is 27.4 Å². The highest BCUT2D eigenvalue weighted by Gasteiger charge is 2.32. The Morgan fingerprint density at radius 2 is 1.69 bits per heavy atom. The number of fused-ring (bicyclic) bond motifs is 1. The molecule has 1 aliphatic rings. The number of hydrogen-bond donors (Lipinski definition) is 1. The average molecular weight is 505 g/mol. The average Bonchev–Trinajstić information content (AvgIpc) is 2.86. The molecular formula is C25H26F2N2O5S. The van der Waals surface area contributed by atoms with Gasteiger partial charge in [0, 0.05) is 30.3 Å². The smallest absolute Gasteiger partial charge is 0.264 e. The largest absolute Gasteiger partial charge is 0.497 e. The second-order valence-corrected chi connectivity index (χ2v) is 9.85. The van der Waals surface area contributed by atoms with Crippen LogP contribution in [0.25, 0.3) is 0 Å². The van der Waals surface area contributed by atoms with Crippen molar-refractivity contribution in [2.24, 2.45) is 0 Å². The predicted octanol–water partition coefficient (Wildman–Crippen LogP) is 4.03. The lowest BCUT2D eigenvalue weighted by atomic mass is 10.0. The fourth-order valence-corrected chi connectivity index (χ4v) is 5.61. The minimum atomic E-state index is -4.31. The summed E-state index contributed by atoms with van der Waals surface area (Å²) in [5, 5.41) is 3.24. The van der Waals surface area contributed by atoms with Gasteiger partial charge in [0.15, 0.2) is 5.82 Å². The highest BCUT2D eigenvalue weighted by atomic mass is 32.2. The molecule has 4 rings (SSSR count). The summed E-state index contributed by atoms with van der Waals surface area (Å²) in [7, 11) is -0.152. The highest BCUT2D eigenvalue weighted by molar-refractivity contribution is 7.92. The first kappa shape index (κ1) is 24.7. The van der Waals surface area contributed by atoms with E-state index in [4.69, 9.17) is 14.2 Å². The van der Waals surface area contributed by atoms with E-state index < -0.39 is 27.3 Å². The van der Waals surface area contributed by atoms with Gasteiger partial charge in [0.25, 0.3) is 10.0 Å². The first-order valence-corrected chi connectivity index (χ1v) is 12.3. The maximum absolute atomic E-state index is 15.2. The molecule has 3 aromatic carbocycles. The Hall–Kier alpha value is -3.37. The van der Waals surface area contributed by atoms with Crippen LogP contribution < -0.4 is 23.8 Å². The van der Waals surface area contributed by atoms with Crippen molar-refractivity contribution in [1.29, 1.82) is 0 Å². The van der Waals surface area contributed by atoms with Crippen molar-refractivity contribution in [2.75, 3.05) is 32.2 Å². The molecule has 1 heterocycles. The number of anilines is 1. The summed E-state index contributed by atoms with van der Waals surface area (Å²) in [6.07, 6.45) is 0.666. The van der Waals surface area contributed by atoms with Gasteiger partial charge in [-0.05, 0) is 48.4 Å². The molecule has 0 bridgehead atoms. The van der Waals surface area contributed by atoms with Crippen molar-refractivity contribution >= 4 is 15.7 Å². The van der Waals surface area contributed by atoms with Crippen LogP contribution in [-0.4, -0.2) is 36.3 Å². The third-order valence-corrected chi connectivity index (χ3v) is 7.66. The van der Waals surface area contributed by atoms with Crippen molar-refractivity contribution in [3.8, 4) is 17.2 Å². The number of nitrogens with one attached hydrogen (secondary N) is 1. The summed E-state index contributed by atoms with van der Waals surface area (Å²) in [5.74, 6) is -1.35.